The average molecular weight is 557 g/mol. The summed E-state index contributed by atoms with van der Waals surface area (Å²) in [5, 5.41) is 13.7. The molecule has 3 aromatic rings. The highest BCUT2D eigenvalue weighted by atomic mass is 19.4. The Hall–Kier alpha value is -3.92. The normalized spacial score (nSPS) is 14.8. The van der Waals surface area contributed by atoms with E-state index < -0.39 is 36.1 Å². The molecule has 1 atom stereocenters. The highest BCUT2D eigenvalue weighted by molar-refractivity contribution is 5.96. The van der Waals surface area contributed by atoms with Crippen LogP contribution in [0.1, 0.15) is 59.8 Å². The Balaban J connectivity index is 1.65. The Labute approximate surface area is 230 Å². The number of Topliss-reactive ketones (excluding diaryl/α,β-unsaturated/α-hetero) is 1. The van der Waals surface area contributed by atoms with Gasteiger partial charge in [0.05, 0.1) is 24.6 Å². The van der Waals surface area contributed by atoms with Gasteiger partial charge in [0.2, 0.25) is 11.5 Å². The number of carbonyl (C=O) groups excluding carboxylic acids is 2. The van der Waals surface area contributed by atoms with Gasteiger partial charge in [0.1, 0.15) is 0 Å². The highest BCUT2D eigenvalue weighted by Gasteiger charge is 2.56. The van der Waals surface area contributed by atoms with E-state index in [1.54, 1.807) is 36.4 Å². The first-order valence-corrected chi connectivity index (χ1v) is 12.9. The minimum Gasteiger partial charge on any atom is -0.493 e. The molecule has 40 heavy (non-hydrogen) atoms. The molecule has 1 aliphatic carbocycles. The summed E-state index contributed by atoms with van der Waals surface area (Å²) in [7, 11) is 1.41. The van der Waals surface area contributed by atoms with Gasteiger partial charge >= 0.3 is 6.18 Å². The van der Waals surface area contributed by atoms with Gasteiger partial charge in [0, 0.05) is 31.0 Å². The SMILES string of the molecule is COc1cc(C(=O)CCC(O)(c2cc(CNC(C)=O)cc(-c3ccc(C)cc3)n2)C(F)(F)F)ccc1OC1CC1. The van der Waals surface area contributed by atoms with E-state index in [1.165, 1.54) is 26.2 Å². The fourth-order valence-electron chi connectivity index (χ4n) is 4.16. The van der Waals surface area contributed by atoms with E-state index in [2.05, 4.69) is 10.3 Å². The monoisotopic (exact) mass is 556 g/mol. The van der Waals surface area contributed by atoms with Crippen LogP contribution in [0.15, 0.2) is 54.6 Å². The lowest BCUT2D eigenvalue weighted by atomic mass is 9.89. The van der Waals surface area contributed by atoms with Crippen molar-refractivity contribution in [2.24, 2.45) is 0 Å². The maximum atomic E-state index is 14.5. The molecular weight excluding hydrogens is 525 g/mol. The van der Waals surface area contributed by atoms with Crippen molar-refractivity contribution in [3.05, 3.63) is 77.0 Å². The summed E-state index contributed by atoms with van der Waals surface area (Å²) in [4.78, 5) is 28.7. The molecule has 1 fully saturated rings. The summed E-state index contributed by atoms with van der Waals surface area (Å²) in [5.41, 5.74) is -1.93. The van der Waals surface area contributed by atoms with Crippen LogP contribution in [-0.2, 0) is 16.9 Å². The average Bonchev–Trinajstić information content (AvgIpc) is 3.74. The summed E-state index contributed by atoms with van der Waals surface area (Å²) in [6.07, 6.45) is -4.77. The zero-order chi connectivity index (χ0) is 29.1. The number of carbonyl (C=O) groups is 2. The molecule has 0 spiro atoms. The maximum absolute atomic E-state index is 14.5. The molecule has 1 unspecified atom stereocenters. The van der Waals surface area contributed by atoms with Crippen LogP contribution in [0.4, 0.5) is 13.2 Å². The van der Waals surface area contributed by atoms with Gasteiger partial charge in [-0.3, -0.25) is 9.59 Å². The van der Waals surface area contributed by atoms with Gasteiger partial charge in [-0.2, -0.15) is 13.2 Å². The van der Waals surface area contributed by atoms with Crippen LogP contribution in [0.5, 0.6) is 11.5 Å². The molecule has 212 valence electrons. The molecule has 1 saturated carbocycles. The van der Waals surface area contributed by atoms with Crippen molar-refractivity contribution in [2.75, 3.05) is 7.11 Å². The number of ketones is 1. The lowest BCUT2D eigenvalue weighted by Gasteiger charge is -2.30. The number of aliphatic hydroxyl groups is 1. The van der Waals surface area contributed by atoms with Crippen LogP contribution in [0.3, 0.4) is 0 Å². The summed E-state index contributed by atoms with van der Waals surface area (Å²) in [5.74, 6) is -0.209. The van der Waals surface area contributed by atoms with Crippen LogP contribution < -0.4 is 14.8 Å². The zero-order valence-corrected chi connectivity index (χ0v) is 22.5. The third-order valence-electron chi connectivity index (χ3n) is 6.68. The number of halogens is 3. The summed E-state index contributed by atoms with van der Waals surface area (Å²) >= 11 is 0. The first kappa shape index (κ1) is 29.1. The Bertz CT molecular complexity index is 1390. The van der Waals surface area contributed by atoms with E-state index >= 15 is 0 Å². The van der Waals surface area contributed by atoms with Gasteiger partial charge < -0.3 is 19.9 Å². The summed E-state index contributed by atoms with van der Waals surface area (Å²) in [6, 6.07) is 14.1. The topological polar surface area (TPSA) is 97.8 Å². The van der Waals surface area contributed by atoms with Gasteiger partial charge in [0.15, 0.2) is 17.3 Å². The van der Waals surface area contributed by atoms with E-state index in [-0.39, 0.29) is 29.8 Å². The molecule has 1 aliphatic rings. The van der Waals surface area contributed by atoms with Crippen LogP contribution in [0.25, 0.3) is 11.3 Å². The van der Waals surface area contributed by atoms with E-state index in [4.69, 9.17) is 9.47 Å². The third kappa shape index (κ3) is 6.80. The first-order chi connectivity index (χ1) is 18.9. The number of rotatable bonds is 11. The van der Waals surface area contributed by atoms with Gasteiger partial charge in [-0.05, 0) is 62.1 Å². The molecule has 0 aliphatic heterocycles. The molecule has 2 aromatic carbocycles. The van der Waals surface area contributed by atoms with Gasteiger partial charge in [-0.25, -0.2) is 4.98 Å². The highest BCUT2D eigenvalue weighted by Crippen LogP contribution is 2.43. The Morgan fingerprint density at radius 3 is 2.35 bits per heavy atom. The summed E-state index contributed by atoms with van der Waals surface area (Å²) in [6.45, 7) is 3.10. The van der Waals surface area contributed by atoms with Crippen molar-refractivity contribution >= 4 is 11.7 Å². The second-order valence-corrected chi connectivity index (χ2v) is 9.99. The number of benzene rings is 2. The Morgan fingerprint density at radius 1 is 1.05 bits per heavy atom. The first-order valence-electron chi connectivity index (χ1n) is 12.9. The predicted molar refractivity (Wildman–Crippen MR) is 142 cm³/mol. The Morgan fingerprint density at radius 2 is 1.75 bits per heavy atom. The van der Waals surface area contributed by atoms with Crippen molar-refractivity contribution < 1.29 is 37.3 Å². The molecule has 10 heteroatoms. The fraction of sp³-hybridized carbons (Fsp3) is 0.367. The number of alkyl halides is 3. The molecule has 1 amide bonds. The largest absolute Gasteiger partial charge is 0.493 e. The van der Waals surface area contributed by atoms with E-state index in [1.807, 2.05) is 6.92 Å². The Kier molecular flexibility index (Phi) is 8.48. The van der Waals surface area contributed by atoms with Crippen LogP contribution >= 0.6 is 0 Å². The van der Waals surface area contributed by atoms with Gasteiger partial charge in [0.25, 0.3) is 0 Å². The van der Waals surface area contributed by atoms with Crippen LogP contribution in [0.2, 0.25) is 0 Å². The second-order valence-electron chi connectivity index (χ2n) is 9.99. The number of aromatic nitrogens is 1. The zero-order valence-electron chi connectivity index (χ0n) is 22.5. The number of aryl methyl sites for hydroxylation is 1. The van der Waals surface area contributed by atoms with Crippen molar-refractivity contribution in [3.8, 4) is 22.8 Å². The molecule has 2 N–H and O–H groups in total. The number of amides is 1. The van der Waals surface area contributed by atoms with E-state index in [9.17, 15) is 27.9 Å². The van der Waals surface area contributed by atoms with Crippen molar-refractivity contribution in [3.63, 3.8) is 0 Å². The van der Waals surface area contributed by atoms with Crippen molar-refractivity contribution in [1.29, 1.82) is 0 Å². The number of pyridine rings is 1. The fourth-order valence-corrected chi connectivity index (χ4v) is 4.16. The molecule has 4 rings (SSSR count). The standard InChI is InChI=1S/C30H31F3N2O5/c1-18-4-6-21(7-5-18)24-14-20(17-34-19(2)36)15-28(35-24)29(38,30(31,32)33)13-12-25(37)22-8-11-26(27(16-22)39-3)40-23-9-10-23/h4-8,11,14-16,23,38H,9-10,12-13,17H2,1-3H3,(H,34,36). The number of hydrogen-bond donors (Lipinski definition) is 2. The van der Waals surface area contributed by atoms with E-state index in [0.717, 1.165) is 24.5 Å². The number of ether oxygens (including phenoxy) is 2. The van der Waals surface area contributed by atoms with Crippen molar-refractivity contribution in [2.45, 2.75) is 64.0 Å². The number of methoxy groups -OCH3 is 1. The van der Waals surface area contributed by atoms with E-state index in [0.29, 0.717) is 22.6 Å². The molecule has 0 bridgehead atoms. The smallest absolute Gasteiger partial charge is 0.422 e. The molecule has 0 radical (unpaired) electrons. The van der Waals surface area contributed by atoms with Gasteiger partial charge in [-0.1, -0.05) is 29.8 Å². The number of hydrogen-bond acceptors (Lipinski definition) is 6. The minimum atomic E-state index is -5.14. The molecule has 0 saturated heterocycles. The molecular formula is C30H31F3N2O5. The number of nitrogens with one attached hydrogen (secondary N) is 1. The predicted octanol–water partition coefficient (Wildman–Crippen LogP) is 5.66. The second kappa shape index (κ2) is 11.7. The van der Waals surface area contributed by atoms with Crippen molar-refractivity contribution in [1.82, 2.24) is 10.3 Å². The third-order valence-corrected chi connectivity index (χ3v) is 6.68. The lowest BCUT2D eigenvalue weighted by Crippen LogP contribution is -2.43. The molecule has 1 aromatic heterocycles. The lowest BCUT2D eigenvalue weighted by molar-refractivity contribution is -0.270. The molecule has 1 heterocycles. The van der Waals surface area contributed by atoms with Crippen LogP contribution in [-0.4, -0.2) is 41.2 Å². The maximum Gasteiger partial charge on any atom is 0.422 e. The van der Waals surface area contributed by atoms with Crippen LogP contribution in [0, 0.1) is 6.92 Å². The minimum absolute atomic E-state index is 0.0638. The summed E-state index contributed by atoms with van der Waals surface area (Å²) < 4.78 is 54.4. The molecule has 7 nitrogen and oxygen atoms in total. The quantitative estimate of drug-likeness (QED) is 0.296. The van der Waals surface area contributed by atoms with Gasteiger partial charge in [-0.15, -0.1) is 0 Å². The number of nitrogens with zero attached hydrogens (tertiary/aromatic N) is 1.